The van der Waals surface area contributed by atoms with E-state index < -0.39 is 29.7 Å². The molecule has 1 atom stereocenters. The van der Waals surface area contributed by atoms with Crippen molar-refractivity contribution in [3.63, 3.8) is 0 Å². The number of hydrogen-bond donors (Lipinski definition) is 4. The molecule has 220 valence electrons. The number of nitrogens with one attached hydrogen (secondary N) is 4. The molecule has 4 N–H and O–H groups in total. The van der Waals surface area contributed by atoms with E-state index in [1.807, 2.05) is 31.2 Å². The van der Waals surface area contributed by atoms with Crippen molar-refractivity contribution in [2.24, 2.45) is 5.92 Å². The van der Waals surface area contributed by atoms with Gasteiger partial charge in [0, 0.05) is 42.2 Å². The number of allylic oxidation sites excluding steroid dienone is 2. The zero-order valence-electron chi connectivity index (χ0n) is 23.9. The Morgan fingerprint density at radius 2 is 1.84 bits per heavy atom. The number of hydrogen-bond acceptors (Lipinski definition) is 9. The van der Waals surface area contributed by atoms with Gasteiger partial charge in [-0.15, -0.1) is 0 Å². The Bertz CT molecular complexity index is 1680. The molecule has 1 saturated carbocycles. The fraction of sp³-hybridized carbons (Fsp3) is 0.344. The number of carbonyl (C=O) groups is 4. The smallest absolute Gasteiger partial charge is 0.262 e. The van der Waals surface area contributed by atoms with E-state index in [0.29, 0.717) is 17.7 Å². The molecule has 6 rings (SSSR count). The number of fused-ring (bicyclic) bond motifs is 2. The second-order valence-electron chi connectivity index (χ2n) is 11.4. The highest BCUT2D eigenvalue weighted by molar-refractivity contribution is 6.23. The summed E-state index contributed by atoms with van der Waals surface area (Å²) in [5, 5.41) is 17.1. The molecule has 3 heterocycles. The first-order chi connectivity index (χ1) is 20.8. The van der Waals surface area contributed by atoms with E-state index in [4.69, 9.17) is 5.41 Å². The van der Waals surface area contributed by atoms with Crippen LogP contribution < -0.4 is 16.0 Å². The number of para-hydroxylation sites is 2. The molecule has 1 saturated heterocycles. The molecule has 0 spiro atoms. The summed E-state index contributed by atoms with van der Waals surface area (Å²) in [4.78, 5) is 59.8. The van der Waals surface area contributed by atoms with Crippen molar-refractivity contribution < 1.29 is 19.2 Å². The summed E-state index contributed by atoms with van der Waals surface area (Å²) in [5.74, 6) is -1.41. The number of imide groups is 2. The SMILES string of the molecule is C/C(NC1CC(CCCNc2ccc3c(c2)C(=O)N(C2CCC(=O)NC2=O)C3=O)C1)=C(/C=N)c1cnc2ccccc2n1. The molecular formula is C32H33N7O4. The first-order valence-electron chi connectivity index (χ1n) is 14.6. The highest BCUT2D eigenvalue weighted by Crippen LogP contribution is 2.33. The number of rotatable bonds is 10. The number of benzene rings is 2. The van der Waals surface area contributed by atoms with Gasteiger partial charge in [-0.1, -0.05) is 12.1 Å². The molecule has 1 unspecified atom stereocenters. The minimum Gasteiger partial charge on any atom is -0.385 e. The normalized spacial score (nSPS) is 22.1. The Morgan fingerprint density at radius 1 is 1.07 bits per heavy atom. The first kappa shape index (κ1) is 28.2. The quantitative estimate of drug-likeness (QED) is 0.161. The van der Waals surface area contributed by atoms with Gasteiger partial charge in [-0.25, -0.2) is 4.98 Å². The van der Waals surface area contributed by atoms with Crippen molar-refractivity contribution in [2.45, 2.75) is 57.5 Å². The lowest BCUT2D eigenvalue weighted by atomic mass is 9.77. The third-order valence-corrected chi connectivity index (χ3v) is 8.49. The van der Waals surface area contributed by atoms with Crippen LogP contribution in [0.15, 0.2) is 54.4 Å². The summed E-state index contributed by atoms with van der Waals surface area (Å²) >= 11 is 0. The molecule has 11 heteroatoms. The van der Waals surface area contributed by atoms with Crippen LogP contribution >= 0.6 is 0 Å². The second kappa shape index (κ2) is 11.7. The van der Waals surface area contributed by atoms with Crippen molar-refractivity contribution in [3.05, 3.63) is 71.2 Å². The van der Waals surface area contributed by atoms with E-state index in [0.717, 1.165) is 65.1 Å². The van der Waals surface area contributed by atoms with Crippen LogP contribution in [-0.2, 0) is 9.59 Å². The van der Waals surface area contributed by atoms with Crippen molar-refractivity contribution in [1.82, 2.24) is 25.5 Å². The fourth-order valence-electron chi connectivity index (χ4n) is 6.14. The average Bonchev–Trinajstić information content (AvgIpc) is 3.22. The topological polar surface area (TPSA) is 157 Å². The molecule has 2 aliphatic heterocycles. The minimum absolute atomic E-state index is 0.0933. The van der Waals surface area contributed by atoms with Gasteiger partial charge in [0.25, 0.3) is 11.8 Å². The molecular weight excluding hydrogens is 546 g/mol. The minimum atomic E-state index is -0.967. The summed E-state index contributed by atoms with van der Waals surface area (Å²) in [6, 6.07) is 12.1. The number of anilines is 1. The number of aromatic nitrogens is 2. The van der Waals surface area contributed by atoms with Crippen LogP contribution in [0.1, 0.15) is 71.9 Å². The van der Waals surface area contributed by atoms with Crippen LogP contribution in [0.25, 0.3) is 16.6 Å². The van der Waals surface area contributed by atoms with E-state index in [-0.39, 0.29) is 24.0 Å². The summed E-state index contributed by atoms with van der Waals surface area (Å²) in [6.45, 7) is 2.71. The van der Waals surface area contributed by atoms with Gasteiger partial charge in [-0.2, -0.15) is 0 Å². The molecule has 11 nitrogen and oxygen atoms in total. The molecule has 3 aromatic rings. The van der Waals surface area contributed by atoms with Crippen LogP contribution in [0, 0.1) is 11.3 Å². The first-order valence-corrected chi connectivity index (χ1v) is 14.6. The lowest BCUT2D eigenvalue weighted by molar-refractivity contribution is -0.136. The predicted molar refractivity (Wildman–Crippen MR) is 161 cm³/mol. The summed E-state index contributed by atoms with van der Waals surface area (Å²) in [5.41, 5.74) is 5.27. The van der Waals surface area contributed by atoms with Crippen molar-refractivity contribution in [2.75, 3.05) is 11.9 Å². The van der Waals surface area contributed by atoms with Gasteiger partial charge in [0.05, 0.1) is 34.1 Å². The standard InChI is InChI=1S/C32H33N7O4/c1-18(24(16-33)27-17-35-25-6-2-3-7-26(25)37-27)36-21-13-19(14-21)5-4-12-34-20-8-9-22-23(15-20)32(43)39(31(22)42)28-10-11-29(40)38-30(28)41/h2-3,6-9,15-17,19,21,28,33-34,36H,4-5,10-14H2,1H3,(H,38,40,41)/b24-18+,33-16?. The Balaban J connectivity index is 0.969. The molecule has 3 aliphatic rings. The van der Waals surface area contributed by atoms with E-state index in [9.17, 15) is 19.2 Å². The Hall–Kier alpha value is -4.93. The second-order valence-corrected chi connectivity index (χ2v) is 11.4. The lowest BCUT2D eigenvalue weighted by Crippen LogP contribution is -2.54. The van der Waals surface area contributed by atoms with Crippen molar-refractivity contribution in [3.8, 4) is 0 Å². The zero-order chi connectivity index (χ0) is 30.1. The largest absolute Gasteiger partial charge is 0.385 e. The number of carbonyl (C=O) groups excluding carboxylic acids is 4. The maximum absolute atomic E-state index is 13.0. The number of amides is 4. The highest BCUT2D eigenvalue weighted by atomic mass is 16.2. The number of nitrogens with zero attached hydrogens (tertiary/aromatic N) is 3. The lowest BCUT2D eigenvalue weighted by Gasteiger charge is -2.37. The molecule has 2 fully saturated rings. The molecule has 0 bridgehead atoms. The van der Waals surface area contributed by atoms with Gasteiger partial charge in [0.2, 0.25) is 11.8 Å². The van der Waals surface area contributed by atoms with E-state index in [1.54, 1.807) is 24.4 Å². The van der Waals surface area contributed by atoms with Crippen molar-refractivity contribution >= 4 is 52.1 Å². The van der Waals surface area contributed by atoms with Gasteiger partial charge in [-0.3, -0.25) is 34.4 Å². The van der Waals surface area contributed by atoms with Gasteiger partial charge in [0.15, 0.2) is 0 Å². The van der Waals surface area contributed by atoms with E-state index in [1.165, 1.54) is 6.21 Å². The maximum Gasteiger partial charge on any atom is 0.262 e. The van der Waals surface area contributed by atoms with E-state index >= 15 is 0 Å². The Kier molecular flexibility index (Phi) is 7.71. The van der Waals surface area contributed by atoms with Crippen LogP contribution in [0.2, 0.25) is 0 Å². The third kappa shape index (κ3) is 5.62. The maximum atomic E-state index is 13.0. The molecule has 2 aromatic carbocycles. The zero-order valence-corrected chi connectivity index (χ0v) is 23.9. The van der Waals surface area contributed by atoms with Crippen LogP contribution in [0.4, 0.5) is 5.69 Å². The molecule has 1 aliphatic carbocycles. The van der Waals surface area contributed by atoms with Crippen LogP contribution in [0.3, 0.4) is 0 Å². The van der Waals surface area contributed by atoms with Crippen LogP contribution in [-0.4, -0.2) is 63.3 Å². The van der Waals surface area contributed by atoms with E-state index in [2.05, 4.69) is 25.9 Å². The van der Waals surface area contributed by atoms with Gasteiger partial charge < -0.3 is 16.0 Å². The number of piperidine rings is 1. The Morgan fingerprint density at radius 3 is 2.60 bits per heavy atom. The molecule has 43 heavy (non-hydrogen) atoms. The highest BCUT2D eigenvalue weighted by Gasteiger charge is 2.44. The third-order valence-electron chi connectivity index (χ3n) is 8.49. The predicted octanol–water partition coefficient (Wildman–Crippen LogP) is 3.67. The molecule has 0 radical (unpaired) electrons. The monoisotopic (exact) mass is 579 g/mol. The Labute approximate surface area is 248 Å². The van der Waals surface area contributed by atoms with Gasteiger partial charge >= 0.3 is 0 Å². The summed E-state index contributed by atoms with van der Waals surface area (Å²) in [7, 11) is 0. The molecule has 1 aromatic heterocycles. The van der Waals surface area contributed by atoms with Gasteiger partial charge in [-0.05, 0) is 75.3 Å². The van der Waals surface area contributed by atoms with Gasteiger partial charge in [0.1, 0.15) is 6.04 Å². The summed E-state index contributed by atoms with van der Waals surface area (Å²) < 4.78 is 0. The fourth-order valence-corrected chi connectivity index (χ4v) is 6.14. The van der Waals surface area contributed by atoms with Crippen molar-refractivity contribution in [1.29, 1.82) is 5.41 Å². The summed E-state index contributed by atoms with van der Waals surface area (Å²) in [6.07, 6.45) is 7.40. The molecule has 4 amide bonds. The average molecular weight is 580 g/mol. The van der Waals surface area contributed by atoms with Crippen LogP contribution in [0.5, 0.6) is 0 Å².